The summed E-state index contributed by atoms with van der Waals surface area (Å²) in [6, 6.07) is 10.2. The van der Waals surface area contributed by atoms with Crippen molar-refractivity contribution in [3.63, 3.8) is 0 Å². The van der Waals surface area contributed by atoms with Crippen LogP contribution in [0.1, 0.15) is 50.3 Å². The lowest BCUT2D eigenvalue weighted by molar-refractivity contribution is 0.0761. The van der Waals surface area contributed by atoms with Gasteiger partial charge in [0, 0.05) is 56.0 Å². The molecule has 3 aromatic rings. The number of nitrogens with zero attached hydrogens (tertiary/aromatic N) is 3. The quantitative estimate of drug-likeness (QED) is 0.696. The van der Waals surface area contributed by atoms with E-state index < -0.39 is 0 Å². The Labute approximate surface area is 170 Å². The Morgan fingerprint density at radius 3 is 2.41 bits per heavy atom. The molecule has 6 heteroatoms. The minimum atomic E-state index is -0.0495. The fourth-order valence-corrected chi connectivity index (χ4v) is 4.39. The number of benzene rings is 1. The molecule has 0 unspecified atom stereocenters. The maximum Gasteiger partial charge on any atom is 0.255 e. The van der Waals surface area contributed by atoms with Crippen LogP contribution in [0.5, 0.6) is 0 Å². The second kappa shape index (κ2) is 7.35. The first-order chi connectivity index (χ1) is 13.9. The molecule has 0 spiro atoms. The number of hydrogen-bond donors (Lipinski definition) is 1. The van der Waals surface area contributed by atoms with Gasteiger partial charge in [0.05, 0.1) is 17.0 Å². The van der Waals surface area contributed by atoms with E-state index in [0.717, 1.165) is 35.4 Å². The summed E-state index contributed by atoms with van der Waals surface area (Å²) in [5, 5.41) is 4.75. The van der Waals surface area contributed by atoms with Gasteiger partial charge in [-0.05, 0) is 25.8 Å². The number of Topliss-reactive ketones (excluding diaryl/α,β-unsaturated/α-hetero) is 1. The first-order valence-electron chi connectivity index (χ1n) is 9.98. The summed E-state index contributed by atoms with van der Waals surface area (Å²) in [4.78, 5) is 30.2. The smallest absolute Gasteiger partial charge is 0.255 e. The van der Waals surface area contributed by atoms with Gasteiger partial charge in [-0.25, -0.2) is 0 Å². The minimum Gasteiger partial charge on any atom is -0.355 e. The molecule has 0 saturated carbocycles. The fourth-order valence-electron chi connectivity index (χ4n) is 4.39. The number of rotatable bonds is 3. The SMILES string of the molecule is CC(=O)c1[nH]c(C)c(C(=O)N2CCc3c(-c4ccccc4)nn(C)c3CC2)c1C. The molecule has 1 N–H and O–H groups in total. The summed E-state index contributed by atoms with van der Waals surface area (Å²) < 4.78 is 1.95. The van der Waals surface area contributed by atoms with E-state index in [0.29, 0.717) is 24.3 Å². The molecule has 1 amide bonds. The van der Waals surface area contributed by atoms with E-state index >= 15 is 0 Å². The summed E-state index contributed by atoms with van der Waals surface area (Å²) in [6.45, 7) is 6.50. The molecule has 0 saturated heterocycles. The van der Waals surface area contributed by atoms with Crippen LogP contribution in [0.4, 0.5) is 0 Å². The van der Waals surface area contributed by atoms with Crippen LogP contribution < -0.4 is 0 Å². The molecule has 2 aromatic heterocycles. The summed E-state index contributed by atoms with van der Waals surface area (Å²) in [6.07, 6.45) is 1.53. The number of hydrogen-bond acceptors (Lipinski definition) is 3. The Morgan fingerprint density at radius 2 is 1.76 bits per heavy atom. The van der Waals surface area contributed by atoms with Gasteiger partial charge in [-0.15, -0.1) is 0 Å². The average Bonchev–Trinajstić information content (AvgIpc) is 3.07. The molecule has 0 bridgehead atoms. The third-order valence-corrected chi connectivity index (χ3v) is 5.86. The Balaban J connectivity index is 1.63. The molecule has 6 nitrogen and oxygen atoms in total. The molecule has 0 fully saturated rings. The van der Waals surface area contributed by atoms with Crippen LogP contribution in [-0.4, -0.2) is 44.4 Å². The van der Waals surface area contributed by atoms with Crippen molar-refractivity contribution in [3.05, 3.63) is 64.1 Å². The Bertz CT molecular complexity index is 1090. The van der Waals surface area contributed by atoms with Gasteiger partial charge < -0.3 is 9.88 Å². The van der Waals surface area contributed by atoms with E-state index in [-0.39, 0.29) is 11.7 Å². The first kappa shape index (κ1) is 19.2. The number of fused-ring (bicyclic) bond motifs is 1. The van der Waals surface area contributed by atoms with E-state index in [1.165, 1.54) is 18.2 Å². The summed E-state index contributed by atoms with van der Waals surface area (Å²) in [7, 11) is 1.97. The summed E-state index contributed by atoms with van der Waals surface area (Å²) in [5.74, 6) is -0.0581. The third kappa shape index (κ3) is 3.28. The minimum absolute atomic E-state index is 0.00854. The molecule has 3 heterocycles. The van der Waals surface area contributed by atoms with Crippen molar-refractivity contribution in [1.29, 1.82) is 0 Å². The van der Waals surface area contributed by atoms with Crippen LogP contribution in [0.2, 0.25) is 0 Å². The number of ketones is 1. The number of carbonyl (C=O) groups excluding carboxylic acids is 2. The van der Waals surface area contributed by atoms with E-state index in [1.54, 1.807) is 0 Å². The Morgan fingerprint density at radius 1 is 1.07 bits per heavy atom. The lowest BCUT2D eigenvalue weighted by Crippen LogP contribution is -2.34. The molecule has 0 radical (unpaired) electrons. The molecule has 1 aromatic carbocycles. The molecule has 0 atom stereocenters. The molecule has 0 aliphatic carbocycles. The lowest BCUT2D eigenvalue weighted by Gasteiger charge is -2.21. The number of aromatic amines is 1. The monoisotopic (exact) mass is 390 g/mol. The second-order valence-corrected chi connectivity index (χ2v) is 7.74. The van der Waals surface area contributed by atoms with Crippen molar-refractivity contribution in [2.45, 2.75) is 33.6 Å². The zero-order valence-electron chi connectivity index (χ0n) is 17.4. The van der Waals surface area contributed by atoms with Gasteiger partial charge in [-0.2, -0.15) is 5.10 Å². The van der Waals surface area contributed by atoms with Gasteiger partial charge in [0.15, 0.2) is 5.78 Å². The van der Waals surface area contributed by atoms with Gasteiger partial charge in [0.25, 0.3) is 5.91 Å². The normalized spacial score (nSPS) is 13.9. The van der Waals surface area contributed by atoms with Gasteiger partial charge in [0.1, 0.15) is 0 Å². The number of nitrogens with one attached hydrogen (secondary N) is 1. The van der Waals surface area contributed by atoms with Crippen LogP contribution in [0.25, 0.3) is 11.3 Å². The van der Waals surface area contributed by atoms with E-state index in [2.05, 4.69) is 17.1 Å². The van der Waals surface area contributed by atoms with Crippen molar-refractivity contribution in [2.24, 2.45) is 7.05 Å². The lowest BCUT2D eigenvalue weighted by atomic mass is 10.0. The van der Waals surface area contributed by atoms with Crippen molar-refractivity contribution in [2.75, 3.05) is 13.1 Å². The molecule has 1 aliphatic rings. The highest BCUT2D eigenvalue weighted by atomic mass is 16.2. The maximum absolute atomic E-state index is 13.3. The average molecular weight is 390 g/mol. The Kier molecular flexibility index (Phi) is 4.86. The molecule has 4 rings (SSSR count). The molecular weight excluding hydrogens is 364 g/mol. The van der Waals surface area contributed by atoms with Crippen LogP contribution >= 0.6 is 0 Å². The number of aromatic nitrogens is 3. The van der Waals surface area contributed by atoms with Crippen LogP contribution in [0.15, 0.2) is 30.3 Å². The van der Waals surface area contributed by atoms with Gasteiger partial charge in [-0.1, -0.05) is 30.3 Å². The molecule has 1 aliphatic heterocycles. The van der Waals surface area contributed by atoms with Crippen LogP contribution in [0.3, 0.4) is 0 Å². The predicted molar refractivity (Wildman–Crippen MR) is 112 cm³/mol. The van der Waals surface area contributed by atoms with Crippen molar-refractivity contribution >= 4 is 11.7 Å². The van der Waals surface area contributed by atoms with E-state index in [9.17, 15) is 9.59 Å². The standard InChI is InChI=1S/C23H26N4O2/c1-14-20(15(2)24-21(14)16(3)28)23(29)27-12-10-18-19(11-13-27)26(4)25-22(18)17-8-6-5-7-9-17/h5-9,24H,10-13H2,1-4H3. The maximum atomic E-state index is 13.3. The summed E-state index contributed by atoms with van der Waals surface area (Å²) in [5.41, 5.74) is 7.17. The topological polar surface area (TPSA) is 71.0 Å². The summed E-state index contributed by atoms with van der Waals surface area (Å²) >= 11 is 0. The van der Waals surface area contributed by atoms with Gasteiger partial charge in [0.2, 0.25) is 0 Å². The zero-order chi connectivity index (χ0) is 20.7. The van der Waals surface area contributed by atoms with Crippen molar-refractivity contribution in [1.82, 2.24) is 19.7 Å². The largest absolute Gasteiger partial charge is 0.355 e. The first-order valence-corrected chi connectivity index (χ1v) is 9.98. The highest BCUT2D eigenvalue weighted by molar-refractivity contribution is 6.02. The van der Waals surface area contributed by atoms with E-state index in [4.69, 9.17) is 5.10 Å². The number of amides is 1. The number of H-pyrrole nitrogens is 1. The molecular formula is C23H26N4O2. The van der Waals surface area contributed by atoms with Crippen LogP contribution in [-0.2, 0) is 19.9 Å². The number of aryl methyl sites for hydroxylation is 2. The van der Waals surface area contributed by atoms with Crippen molar-refractivity contribution in [3.8, 4) is 11.3 Å². The molecule has 29 heavy (non-hydrogen) atoms. The Hall–Kier alpha value is -3.15. The highest BCUT2D eigenvalue weighted by Gasteiger charge is 2.28. The third-order valence-electron chi connectivity index (χ3n) is 5.86. The van der Waals surface area contributed by atoms with E-state index in [1.807, 2.05) is 48.7 Å². The second-order valence-electron chi connectivity index (χ2n) is 7.74. The fraction of sp³-hybridized carbons (Fsp3) is 0.348. The van der Waals surface area contributed by atoms with Crippen LogP contribution in [0, 0.1) is 13.8 Å². The predicted octanol–water partition coefficient (Wildman–Crippen LogP) is 3.48. The van der Waals surface area contributed by atoms with Gasteiger partial charge >= 0.3 is 0 Å². The van der Waals surface area contributed by atoms with Gasteiger partial charge in [-0.3, -0.25) is 14.3 Å². The highest BCUT2D eigenvalue weighted by Crippen LogP contribution is 2.29. The van der Waals surface area contributed by atoms with Crippen molar-refractivity contribution < 1.29 is 9.59 Å². The number of carbonyl (C=O) groups is 2. The molecule has 150 valence electrons. The zero-order valence-corrected chi connectivity index (χ0v) is 17.4.